The first kappa shape index (κ1) is 27.0. The van der Waals surface area contributed by atoms with Crippen LogP contribution in [0.3, 0.4) is 0 Å². The van der Waals surface area contributed by atoms with Gasteiger partial charge in [-0.1, -0.05) is 18.2 Å². The summed E-state index contributed by atoms with van der Waals surface area (Å²) in [7, 11) is 1.10. The summed E-state index contributed by atoms with van der Waals surface area (Å²) in [6.45, 7) is 14.2. The standard InChI is InChI=1S/C28H35BN2O6/c1-26(2,3)35-25(32)24-23(34-13-12-33-8)15-19(16-31-24)22-14-18-10-9-11-21(20(18)17-30-22)29-36-27(4,5)28(6,7)37-29/h9-11,14-17H,12-13H2,1-8H3. The zero-order valence-electron chi connectivity index (χ0n) is 22.9. The molecule has 0 amide bonds. The molecule has 0 atom stereocenters. The van der Waals surface area contributed by atoms with Crippen molar-refractivity contribution < 1.29 is 28.3 Å². The fourth-order valence-corrected chi connectivity index (χ4v) is 3.94. The molecule has 0 saturated carbocycles. The smallest absolute Gasteiger partial charge is 0.489 e. The molecule has 1 aliphatic rings. The van der Waals surface area contributed by atoms with Gasteiger partial charge in [0.2, 0.25) is 0 Å². The Morgan fingerprint density at radius 2 is 1.70 bits per heavy atom. The summed E-state index contributed by atoms with van der Waals surface area (Å²) in [6.07, 6.45) is 3.42. The van der Waals surface area contributed by atoms with Gasteiger partial charge in [0.15, 0.2) is 11.4 Å². The van der Waals surface area contributed by atoms with Gasteiger partial charge in [0, 0.05) is 25.1 Å². The lowest BCUT2D eigenvalue weighted by Crippen LogP contribution is -2.41. The molecule has 2 aromatic heterocycles. The van der Waals surface area contributed by atoms with Crippen LogP contribution in [-0.4, -0.2) is 60.2 Å². The molecule has 8 nitrogen and oxygen atoms in total. The summed E-state index contributed by atoms with van der Waals surface area (Å²) in [6, 6.07) is 9.75. The quantitative estimate of drug-likeness (QED) is 0.262. The number of hydrogen-bond acceptors (Lipinski definition) is 8. The highest BCUT2D eigenvalue weighted by molar-refractivity contribution is 6.65. The second-order valence-electron chi connectivity index (χ2n) is 11.1. The second kappa shape index (κ2) is 10.0. The van der Waals surface area contributed by atoms with E-state index in [9.17, 15) is 4.79 Å². The molecule has 0 bridgehead atoms. The van der Waals surface area contributed by atoms with Crippen molar-refractivity contribution in [3.63, 3.8) is 0 Å². The number of fused-ring (bicyclic) bond motifs is 1. The van der Waals surface area contributed by atoms with E-state index < -0.39 is 29.9 Å². The van der Waals surface area contributed by atoms with Crippen LogP contribution in [0.15, 0.2) is 42.7 Å². The van der Waals surface area contributed by atoms with E-state index in [2.05, 4.69) is 4.98 Å². The van der Waals surface area contributed by atoms with E-state index in [1.807, 2.05) is 78.9 Å². The highest BCUT2D eigenvalue weighted by Crippen LogP contribution is 2.37. The normalized spacial score (nSPS) is 16.7. The van der Waals surface area contributed by atoms with Gasteiger partial charge in [-0.2, -0.15) is 0 Å². The molecule has 0 aliphatic carbocycles. The molecule has 196 valence electrons. The first-order valence-electron chi connectivity index (χ1n) is 12.4. The highest BCUT2D eigenvalue weighted by Gasteiger charge is 2.52. The van der Waals surface area contributed by atoms with Gasteiger partial charge in [-0.25, -0.2) is 9.78 Å². The van der Waals surface area contributed by atoms with E-state index in [0.717, 1.165) is 16.2 Å². The van der Waals surface area contributed by atoms with Crippen molar-refractivity contribution in [2.24, 2.45) is 0 Å². The number of carbonyl (C=O) groups is 1. The first-order chi connectivity index (χ1) is 17.3. The molecule has 1 aliphatic heterocycles. The number of rotatable bonds is 7. The van der Waals surface area contributed by atoms with Crippen molar-refractivity contribution in [2.75, 3.05) is 20.3 Å². The minimum absolute atomic E-state index is 0.110. The summed E-state index contributed by atoms with van der Waals surface area (Å²) < 4.78 is 29.0. The molecule has 0 spiro atoms. The van der Waals surface area contributed by atoms with Crippen LogP contribution in [-0.2, 0) is 18.8 Å². The third kappa shape index (κ3) is 5.79. The lowest BCUT2D eigenvalue weighted by molar-refractivity contribution is 0.00577. The number of aromatic nitrogens is 2. The number of benzene rings is 1. The number of methoxy groups -OCH3 is 1. The molecule has 1 saturated heterocycles. The van der Waals surface area contributed by atoms with Gasteiger partial charge < -0.3 is 23.5 Å². The van der Waals surface area contributed by atoms with Crippen LogP contribution in [0.2, 0.25) is 0 Å². The van der Waals surface area contributed by atoms with Crippen molar-refractivity contribution in [1.29, 1.82) is 0 Å². The van der Waals surface area contributed by atoms with E-state index in [1.54, 1.807) is 19.4 Å². The molecule has 0 unspecified atom stereocenters. The van der Waals surface area contributed by atoms with E-state index in [-0.39, 0.29) is 12.3 Å². The van der Waals surface area contributed by atoms with Gasteiger partial charge >= 0.3 is 13.1 Å². The van der Waals surface area contributed by atoms with Crippen LogP contribution in [0.4, 0.5) is 0 Å². The summed E-state index contributed by atoms with van der Waals surface area (Å²) >= 11 is 0. The van der Waals surface area contributed by atoms with Gasteiger partial charge in [0.1, 0.15) is 12.2 Å². The molecule has 0 N–H and O–H groups in total. The lowest BCUT2D eigenvalue weighted by Gasteiger charge is -2.32. The molecule has 3 heterocycles. The van der Waals surface area contributed by atoms with Crippen molar-refractivity contribution in [3.05, 3.63) is 48.4 Å². The Hall–Kier alpha value is -3.01. The van der Waals surface area contributed by atoms with E-state index in [4.69, 9.17) is 28.5 Å². The van der Waals surface area contributed by atoms with E-state index in [1.165, 1.54) is 0 Å². The molecular weight excluding hydrogens is 471 g/mol. The number of hydrogen-bond donors (Lipinski definition) is 0. The predicted octanol–water partition coefficient (Wildman–Crippen LogP) is 4.58. The minimum atomic E-state index is -0.657. The Bertz CT molecular complexity index is 1290. The van der Waals surface area contributed by atoms with Crippen molar-refractivity contribution in [3.8, 4) is 17.0 Å². The third-order valence-corrected chi connectivity index (χ3v) is 6.59. The Kier molecular flexibility index (Phi) is 7.34. The molecule has 4 rings (SSSR count). The minimum Gasteiger partial charge on any atom is -0.489 e. The molecule has 3 aromatic rings. The lowest BCUT2D eigenvalue weighted by atomic mass is 9.76. The number of esters is 1. The maximum atomic E-state index is 12.8. The molecule has 1 aromatic carbocycles. The van der Waals surface area contributed by atoms with Gasteiger partial charge in [-0.3, -0.25) is 4.98 Å². The Morgan fingerprint density at radius 3 is 2.35 bits per heavy atom. The zero-order valence-corrected chi connectivity index (χ0v) is 22.9. The van der Waals surface area contributed by atoms with Gasteiger partial charge in [0.25, 0.3) is 0 Å². The van der Waals surface area contributed by atoms with Crippen LogP contribution in [0.5, 0.6) is 5.75 Å². The summed E-state index contributed by atoms with van der Waals surface area (Å²) in [5.74, 6) is -0.235. The van der Waals surface area contributed by atoms with Gasteiger partial charge in [-0.05, 0) is 76.8 Å². The fraction of sp³-hybridized carbons (Fsp3) is 0.464. The van der Waals surface area contributed by atoms with E-state index >= 15 is 0 Å². The zero-order chi connectivity index (χ0) is 27.0. The SMILES string of the molecule is COCCOc1cc(-c2cc3cccc(B4OC(C)(C)C(C)(C)O4)c3cn2)cnc1C(=O)OC(C)(C)C. The van der Waals surface area contributed by atoms with Gasteiger partial charge in [0.05, 0.1) is 23.5 Å². The molecule has 0 radical (unpaired) electrons. The van der Waals surface area contributed by atoms with Crippen molar-refractivity contribution >= 4 is 29.3 Å². The van der Waals surface area contributed by atoms with Gasteiger partial charge in [-0.15, -0.1) is 0 Å². The summed E-state index contributed by atoms with van der Waals surface area (Å²) in [5.41, 5.74) is 0.912. The first-order valence-corrected chi connectivity index (χ1v) is 12.4. The maximum absolute atomic E-state index is 12.8. The highest BCUT2D eigenvalue weighted by atomic mass is 16.7. The molecular formula is C28H35BN2O6. The Balaban J connectivity index is 1.69. The summed E-state index contributed by atoms with van der Waals surface area (Å²) in [4.78, 5) is 21.9. The number of ether oxygens (including phenoxy) is 3. The predicted molar refractivity (Wildman–Crippen MR) is 143 cm³/mol. The van der Waals surface area contributed by atoms with Crippen LogP contribution in [0.1, 0.15) is 59.0 Å². The van der Waals surface area contributed by atoms with Crippen LogP contribution in [0, 0.1) is 0 Å². The van der Waals surface area contributed by atoms with Crippen LogP contribution < -0.4 is 10.2 Å². The number of carbonyl (C=O) groups excluding carboxylic acids is 1. The molecule has 9 heteroatoms. The van der Waals surface area contributed by atoms with Crippen molar-refractivity contribution in [2.45, 2.75) is 65.3 Å². The topological polar surface area (TPSA) is 89.0 Å². The van der Waals surface area contributed by atoms with Crippen molar-refractivity contribution in [1.82, 2.24) is 9.97 Å². The average molecular weight is 506 g/mol. The average Bonchev–Trinajstić information content (AvgIpc) is 3.03. The number of nitrogens with zero attached hydrogens (tertiary/aromatic N) is 2. The third-order valence-electron chi connectivity index (χ3n) is 6.59. The van der Waals surface area contributed by atoms with Crippen LogP contribution in [0.25, 0.3) is 22.0 Å². The molecule has 37 heavy (non-hydrogen) atoms. The Morgan fingerprint density at radius 1 is 1.00 bits per heavy atom. The maximum Gasteiger partial charge on any atom is 0.495 e. The van der Waals surface area contributed by atoms with E-state index in [0.29, 0.717) is 23.6 Å². The largest absolute Gasteiger partial charge is 0.495 e. The Labute approximate surface area is 218 Å². The fourth-order valence-electron chi connectivity index (χ4n) is 3.94. The van der Waals surface area contributed by atoms with Crippen LogP contribution >= 0.6 is 0 Å². The monoisotopic (exact) mass is 506 g/mol. The summed E-state index contributed by atoms with van der Waals surface area (Å²) in [5, 5.41) is 1.93. The number of pyridine rings is 2. The molecule has 1 fully saturated rings. The second-order valence-corrected chi connectivity index (χ2v) is 11.1.